The van der Waals surface area contributed by atoms with Gasteiger partial charge < -0.3 is 9.47 Å². The van der Waals surface area contributed by atoms with Gasteiger partial charge in [-0.25, -0.2) is 4.79 Å². The minimum absolute atomic E-state index is 0.156. The van der Waals surface area contributed by atoms with Crippen LogP contribution < -0.4 is 9.47 Å². The van der Waals surface area contributed by atoms with Crippen LogP contribution in [0.2, 0.25) is 0 Å². The number of hydrogen-bond acceptors (Lipinski definition) is 6. The van der Waals surface area contributed by atoms with Gasteiger partial charge in [0.2, 0.25) is 0 Å². The SMILES string of the molecule is Cc1ccc(OCCN2C(=O)S/C(=C\c3cccc(OC(=O)c4ccccc4I)c3)C2=O)cc1. The summed E-state index contributed by atoms with van der Waals surface area (Å²) in [7, 11) is 0. The number of ether oxygens (including phenoxy) is 2. The first-order valence-corrected chi connectivity index (χ1v) is 12.3. The lowest BCUT2D eigenvalue weighted by atomic mass is 10.2. The van der Waals surface area contributed by atoms with Gasteiger partial charge >= 0.3 is 5.97 Å². The zero-order chi connectivity index (χ0) is 24.1. The molecule has 6 nitrogen and oxygen atoms in total. The molecule has 1 fully saturated rings. The second-order valence-electron chi connectivity index (χ2n) is 7.44. The molecule has 2 amide bonds. The summed E-state index contributed by atoms with van der Waals surface area (Å²) in [5.74, 6) is 0.202. The van der Waals surface area contributed by atoms with Crippen LogP contribution in [-0.4, -0.2) is 35.2 Å². The molecular formula is C26H20INO5S. The van der Waals surface area contributed by atoms with Gasteiger partial charge in [0.25, 0.3) is 11.1 Å². The van der Waals surface area contributed by atoms with Crippen LogP contribution in [0.15, 0.2) is 77.7 Å². The van der Waals surface area contributed by atoms with Crippen LogP contribution in [0.4, 0.5) is 4.79 Å². The summed E-state index contributed by atoms with van der Waals surface area (Å²) in [4.78, 5) is 39.1. The number of carbonyl (C=O) groups excluding carboxylic acids is 3. The van der Waals surface area contributed by atoms with E-state index in [1.165, 1.54) is 4.90 Å². The van der Waals surface area contributed by atoms with Crippen molar-refractivity contribution in [3.63, 3.8) is 0 Å². The molecular weight excluding hydrogens is 565 g/mol. The Balaban J connectivity index is 1.40. The van der Waals surface area contributed by atoms with Crippen LogP contribution in [0.5, 0.6) is 11.5 Å². The molecule has 0 saturated carbocycles. The van der Waals surface area contributed by atoms with E-state index in [-0.39, 0.29) is 24.3 Å². The average molecular weight is 585 g/mol. The van der Waals surface area contributed by atoms with Crippen molar-refractivity contribution in [2.45, 2.75) is 6.92 Å². The van der Waals surface area contributed by atoms with Crippen molar-refractivity contribution < 1.29 is 23.9 Å². The molecule has 1 aliphatic rings. The number of benzene rings is 3. The lowest BCUT2D eigenvalue weighted by molar-refractivity contribution is -0.123. The molecule has 0 aliphatic carbocycles. The molecule has 1 aliphatic heterocycles. The molecule has 0 atom stereocenters. The van der Waals surface area contributed by atoms with Crippen molar-refractivity contribution in [1.29, 1.82) is 0 Å². The van der Waals surface area contributed by atoms with E-state index >= 15 is 0 Å². The second-order valence-corrected chi connectivity index (χ2v) is 9.59. The normalized spacial score (nSPS) is 14.5. The minimum Gasteiger partial charge on any atom is -0.492 e. The van der Waals surface area contributed by atoms with Crippen LogP contribution in [-0.2, 0) is 4.79 Å². The first-order chi connectivity index (χ1) is 16.4. The number of hydrogen-bond donors (Lipinski definition) is 0. The van der Waals surface area contributed by atoms with E-state index in [0.717, 1.165) is 20.9 Å². The number of nitrogens with zero attached hydrogens (tertiary/aromatic N) is 1. The number of aryl methyl sites for hydroxylation is 1. The van der Waals surface area contributed by atoms with Gasteiger partial charge in [-0.2, -0.15) is 0 Å². The molecule has 172 valence electrons. The highest BCUT2D eigenvalue weighted by molar-refractivity contribution is 14.1. The molecule has 0 unspecified atom stereocenters. The third-order valence-electron chi connectivity index (χ3n) is 4.94. The first kappa shape index (κ1) is 24.0. The third-order valence-corrected chi connectivity index (χ3v) is 6.79. The van der Waals surface area contributed by atoms with Crippen LogP contribution in [0, 0.1) is 10.5 Å². The maximum Gasteiger partial charge on any atom is 0.344 e. The number of rotatable bonds is 7. The zero-order valence-corrected chi connectivity index (χ0v) is 21.2. The summed E-state index contributed by atoms with van der Waals surface area (Å²) in [6.07, 6.45) is 1.62. The van der Waals surface area contributed by atoms with Crippen molar-refractivity contribution in [2.24, 2.45) is 0 Å². The molecule has 1 saturated heterocycles. The summed E-state index contributed by atoms with van der Waals surface area (Å²) in [5.41, 5.74) is 2.24. The minimum atomic E-state index is -0.462. The Morgan fingerprint density at radius 3 is 2.53 bits per heavy atom. The van der Waals surface area contributed by atoms with Gasteiger partial charge in [-0.05, 0) is 89.3 Å². The van der Waals surface area contributed by atoms with Gasteiger partial charge in [0.15, 0.2) is 0 Å². The number of thioether (sulfide) groups is 1. The molecule has 0 bridgehead atoms. The van der Waals surface area contributed by atoms with Crippen molar-refractivity contribution in [2.75, 3.05) is 13.2 Å². The molecule has 3 aromatic rings. The third kappa shape index (κ3) is 5.87. The lowest BCUT2D eigenvalue weighted by Crippen LogP contribution is -2.32. The standard InChI is InChI=1S/C26H20INO5S/c1-17-9-11-19(12-10-17)32-14-13-28-24(29)23(34-26(28)31)16-18-5-4-6-20(15-18)33-25(30)21-7-2-3-8-22(21)27/h2-12,15-16H,13-14H2,1H3/b23-16-. The Hall–Kier alpha value is -3.11. The topological polar surface area (TPSA) is 72.9 Å². The van der Waals surface area contributed by atoms with Gasteiger partial charge in [-0.3, -0.25) is 14.5 Å². The molecule has 0 N–H and O–H groups in total. The maximum atomic E-state index is 12.8. The molecule has 8 heteroatoms. The van der Waals surface area contributed by atoms with Crippen LogP contribution in [0.3, 0.4) is 0 Å². The van der Waals surface area contributed by atoms with Crippen LogP contribution in [0.25, 0.3) is 6.08 Å². The largest absolute Gasteiger partial charge is 0.492 e. The van der Waals surface area contributed by atoms with Crippen molar-refractivity contribution in [3.8, 4) is 11.5 Å². The predicted molar refractivity (Wildman–Crippen MR) is 140 cm³/mol. The van der Waals surface area contributed by atoms with Gasteiger partial charge in [-0.15, -0.1) is 0 Å². The Labute approximate surface area is 215 Å². The summed E-state index contributed by atoms with van der Waals surface area (Å²) < 4.78 is 11.9. The summed E-state index contributed by atoms with van der Waals surface area (Å²) in [5, 5.41) is -0.343. The highest BCUT2D eigenvalue weighted by atomic mass is 127. The van der Waals surface area contributed by atoms with Gasteiger partial charge in [0.1, 0.15) is 18.1 Å². The summed E-state index contributed by atoms with van der Waals surface area (Å²) >= 11 is 2.96. The number of amides is 2. The Morgan fingerprint density at radius 2 is 1.76 bits per heavy atom. The molecule has 0 aromatic heterocycles. The fourth-order valence-corrected chi connectivity index (χ4v) is 4.66. The quantitative estimate of drug-likeness (QED) is 0.148. The number of halogens is 1. The number of imide groups is 1. The van der Waals surface area contributed by atoms with Crippen molar-refractivity contribution in [1.82, 2.24) is 4.90 Å². The number of carbonyl (C=O) groups is 3. The zero-order valence-electron chi connectivity index (χ0n) is 18.2. The second kappa shape index (κ2) is 10.9. The molecule has 0 spiro atoms. The van der Waals surface area contributed by atoms with Crippen LogP contribution in [0.1, 0.15) is 21.5 Å². The van der Waals surface area contributed by atoms with E-state index in [0.29, 0.717) is 27.5 Å². The van der Waals surface area contributed by atoms with Crippen molar-refractivity contribution in [3.05, 3.63) is 98.0 Å². The highest BCUT2D eigenvalue weighted by Crippen LogP contribution is 2.32. The molecule has 3 aromatic carbocycles. The van der Waals surface area contributed by atoms with E-state index in [1.54, 1.807) is 42.5 Å². The molecule has 4 rings (SSSR count). The fourth-order valence-electron chi connectivity index (χ4n) is 3.19. The monoisotopic (exact) mass is 585 g/mol. The summed E-state index contributed by atoms with van der Waals surface area (Å²) in [6, 6.07) is 21.5. The van der Waals surface area contributed by atoms with Gasteiger partial charge in [0, 0.05) is 3.57 Å². The average Bonchev–Trinajstić information content (AvgIpc) is 3.08. The molecule has 0 radical (unpaired) electrons. The lowest BCUT2D eigenvalue weighted by Gasteiger charge is -2.13. The summed E-state index contributed by atoms with van der Waals surface area (Å²) in [6.45, 7) is 2.35. The van der Waals surface area contributed by atoms with E-state index in [4.69, 9.17) is 9.47 Å². The van der Waals surface area contributed by atoms with E-state index in [2.05, 4.69) is 22.6 Å². The molecule has 1 heterocycles. The Kier molecular flexibility index (Phi) is 7.69. The van der Waals surface area contributed by atoms with E-state index in [9.17, 15) is 14.4 Å². The Morgan fingerprint density at radius 1 is 1.00 bits per heavy atom. The van der Waals surface area contributed by atoms with Gasteiger partial charge in [-0.1, -0.05) is 42.0 Å². The fraction of sp³-hybridized carbons (Fsp3) is 0.115. The molecule has 34 heavy (non-hydrogen) atoms. The van der Waals surface area contributed by atoms with E-state index in [1.807, 2.05) is 43.3 Å². The van der Waals surface area contributed by atoms with Crippen molar-refractivity contribution >= 4 is 57.5 Å². The van der Waals surface area contributed by atoms with Crippen LogP contribution >= 0.6 is 34.4 Å². The number of esters is 1. The smallest absolute Gasteiger partial charge is 0.344 e. The van der Waals surface area contributed by atoms with E-state index < -0.39 is 5.97 Å². The first-order valence-electron chi connectivity index (χ1n) is 10.4. The highest BCUT2D eigenvalue weighted by Gasteiger charge is 2.34. The predicted octanol–water partition coefficient (Wildman–Crippen LogP) is 5.93. The maximum absolute atomic E-state index is 12.8. The van der Waals surface area contributed by atoms with Gasteiger partial charge in [0.05, 0.1) is 17.0 Å². The Bertz CT molecular complexity index is 1270.